The number of carbonyl (C=O) groups excluding carboxylic acids is 1. The molecule has 0 fully saturated rings. The van der Waals surface area contributed by atoms with Gasteiger partial charge in [-0.25, -0.2) is 4.98 Å². The maximum atomic E-state index is 11.9. The molecule has 5 nitrogen and oxygen atoms in total. The molecule has 0 bridgehead atoms. The van der Waals surface area contributed by atoms with E-state index in [9.17, 15) is 4.79 Å². The van der Waals surface area contributed by atoms with E-state index in [0.717, 1.165) is 11.3 Å². The number of carbonyl (C=O) groups is 1. The van der Waals surface area contributed by atoms with Gasteiger partial charge in [-0.1, -0.05) is 12.0 Å². The van der Waals surface area contributed by atoms with Gasteiger partial charge in [0.1, 0.15) is 5.75 Å². The quantitative estimate of drug-likeness (QED) is 0.825. The van der Waals surface area contributed by atoms with Crippen LogP contribution in [0.25, 0.3) is 0 Å². The van der Waals surface area contributed by atoms with E-state index in [0.29, 0.717) is 23.7 Å². The van der Waals surface area contributed by atoms with Crippen molar-refractivity contribution in [2.45, 2.75) is 13.5 Å². The van der Waals surface area contributed by atoms with Gasteiger partial charge in [0.05, 0.1) is 6.54 Å². The normalized spacial score (nSPS) is 9.43. The molecule has 1 aromatic carbocycles. The number of hydrogen-bond donors (Lipinski definition) is 2. The van der Waals surface area contributed by atoms with Crippen molar-refractivity contribution in [2.24, 2.45) is 5.73 Å². The van der Waals surface area contributed by atoms with Crippen LogP contribution in [-0.4, -0.2) is 17.4 Å². The number of nitrogens with two attached hydrogens (primary N) is 1. The van der Waals surface area contributed by atoms with Crippen molar-refractivity contribution in [3.8, 4) is 24.0 Å². The SMILES string of the molecule is C#CCNC(=O)c1cccc(Oc2cc(CN)cc(C)n2)c1.Cl. The molecule has 0 saturated heterocycles. The minimum Gasteiger partial charge on any atom is -0.439 e. The van der Waals surface area contributed by atoms with E-state index in [-0.39, 0.29) is 24.9 Å². The first kappa shape index (κ1) is 18.5. The zero-order chi connectivity index (χ0) is 15.9. The van der Waals surface area contributed by atoms with Gasteiger partial charge in [0, 0.05) is 23.9 Å². The molecular formula is C17H18ClN3O2. The zero-order valence-electron chi connectivity index (χ0n) is 12.7. The Morgan fingerprint density at radius 3 is 2.87 bits per heavy atom. The van der Waals surface area contributed by atoms with Crippen LogP contribution in [0.3, 0.4) is 0 Å². The van der Waals surface area contributed by atoms with Crippen LogP contribution < -0.4 is 15.8 Å². The van der Waals surface area contributed by atoms with E-state index in [2.05, 4.69) is 16.2 Å². The minimum absolute atomic E-state index is 0. The highest BCUT2D eigenvalue weighted by atomic mass is 35.5. The lowest BCUT2D eigenvalue weighted by atomic mass is 10.2. The van der Waals surface area contributed by atoms with Crippen LogP contribution in [0.1, 0.15) is 21.6 Å². The Balaban J connectivity index is 0.00000264. The van der Waals surface area contributed by atoms with Crippen molar-refractivity contribution in [2.75, 3.05) is 6.54 Å². The van der Waals surface area contributed by atoms with Gasteiger partial charge in [-0.05, 0) is 36.8 Å². The predicted molar refractivity (Wildman–Crippen MR) is 91.8 cm³/mol. The fourth-order valence-corrected chi connectivity index (χ4v) is 1.93. The van der Waals surface area contributed by atoms with Crippen LogP contribution >= 0.6 is 12.4 Å². The van der Waals surface area contributed by atoms with E-state index in [1.807, 2.05) is 13.0 Å². The molecule has 1 amide bonds. The molecule has 2 rings (SSSR count). The largest absolute Gasteiger partial charge is 0.439 e. The summed E-state index contributed by atoms with van der Waals surface area (Å²) < 4.78 is 5.71. The van der Waals surface area contributed by atoms with Crippen molar-refractivity contribution >= 4 is 18.3 Å². The first-order chi connectivity index (χ1) is 10.6. The second-order valence-electron chi connectivity index (χ2n) is 4.68. The summed E-state index contributed by atoms with van der Waals surface area (Å²) in [5, 5.41) is 2.60. The lowest BCUT2D eigenvalue weighted by Gasteiger charge is -2.09. The highest BCUT2D eigenvalue weighted by Gasteiger charge is 2.07. The van der Waals surface area contributed by atoms with Crippen LogP contribution in [0.4, 0.5) is 0 Å². The van der Waals surface area contributed by atoms with Gasteiger partial charge in [-0.15, -0.1) is 18.8 Å². The minimum atomic E-state index is -0.247. The molecule has 0 unspecified atom stereocenters. The number of benzene rings is 1. The molecule has 0 spiro atoms. The maximum absolute atomic E-state index is 11.9. The molecule has 2 aromatic rings. The fraction of sp³-hybridized carbons (Fsp3) is 0.176. The molecule has 0 radical (unpaired) electrons. The molecule has 1 heterocycles. The summed E-state index contributed by atoms with van der Waals surface area (Å²) in [6.45, 7) is 2.47. The number of terminal acetylenes is 1. The lowest BCUT2D eigenvalue weighted by Crippen LogP contribution is -2.23. The Morgan fingerprint density at radius 1 is 1.39 bits per heavy atom. The zero-order valence-corrected chi connectivity index (χ0v) is 13.5. The van der Waals surface area contributed by atoms with Crippen molar-refractivity contribution in [1.29, 1.82) is 0 Å². The van der Waals surface area contributed by atoms with Crippen molar-refractivity contribution < 1.29 is 9.53 Å². The second kappa shape index (κ2) is 8.79. The molecule has 6 heteroatoms. The number of nitrogens with one attached hydrogen (secondary N) is 1. The van der Waals surface area contributed by atoms with Gasteiger partial charge in [0.15, 0.2) is 0 Å². The predicted octanol–water partition coefficient (Wildman–Crippen LogP) is 2.43. The third-order valence-corrected chi connectivity index (χ3v) is 2.90. The number of rotatable bonds is 5. The van der Waals surface area contributed by atoms with E-state index >= 15 is 0 Å². The molecule has 1 aromatic heterocycles. The van der Waals surface area contributed by atoms with Gasteiger partial charge in [-0.2, -0.15) is 0 Å². The molecule has 0 aliphatic rings. The van der Waals surface area contributed by atoms with E-state index in [1.54, 1.807) is 30.3 Å². The fourth-order valence-electron chi connectivity index (χ4n) is 1.93. The van der Waals surface area contributed by atoms with Crippen molar-refractivity contribution in [1.82, 2.24) is 10.3 Å². The van der Waals surface area contributed by atoms with Crippen LogP contribution in [-0.2, 0) is 6.54 Å². The van der Waals surface area contributed by atoms with Gasteiger partial charge in [-0.3, -0.25) is 4.79 Å². The van der Waals surface area contributed by atoms with E-state index in [1.165, 1.54) is 0 Å². The molecule has 120 valence electrons. The van der Waals surface area contributed by atoms with Crippen molar-refractivity contribution in [3.05, 3.63) is 53.2 Å². The molecule has 0 aliphatic carbocycles. The topological polar surface area (TPSA) is 77.2 Å². The van der Waals surface area contributed by atoms with Crippen LogP contribution in [0.5, 0.6) is 11.6 Å². The van der Waals surface area contributed by atoms with Gasteiger partial charge >= 0.3 is 0 Å². The van der Waals surface area contributed by atoms with E-state index in [4.69, 9.17) is 16.9 Å². The monoisotopic (exact) mass is 331 g/mol. The third kappa shape index (κ3) is 5.29. The Labute approximate surface area is 141 Å². The highest BCUT2D eigenvalue weighted by Crippen LogP contribution is 2.22. The van der Waals surface area contributed by atoms with Crippen molar-refractivity contribution in [3.63, 3.8) is 0 Å². The number of nitrogens with zero attached hydrogens (tertiary/aromatic N) is 1. The number of aryl methyl sites for hydroxylation is 1. The summed E-state index contributed by atoms with van der Waals surface area (Å²) in [5.74, 6) is 3.08. The van der Waals surface area contributed by atoms with Crippen LogP contribution in [0, 0.1) is 19.3 Å². The average molecular weight is 332 g/mol. The highest BCUT2D eigenvalue weighted by molar-refractivity contribution is 5.94. The first-order valence-electron chi connectivity index (χ1n) is 6.79. The number of pyridine rings is 1. The Morgan fingerprint density at radius 2 is 2.17 bits per heavy atom. The standard InChI is InChI=1S/C17H17N3O2.ClH/c1-3-7-19-17(21)14-5-4-6-15(10-14)22-16-9-13(11-18)8-12(2)20-16;/h1,4-6,8-10H,7,11,18H2,2H3,(H,19,21);1H. The van der Waals surface area contributed by atoms with Crippen LogP contribution in [0.2, 0.25) is 0 Å². The molecule has 0 aliphatic heterocycles. The second-order valence-corrected chi connectivity index (χ2v) is 4.68. The summed E-state index contributed by atoms with van der Waals surface area (Å²) in [6.07, 6.45) is 5.12. The molecule has 0 atom stereocenters. The first-order valence-corrected chi connectivity index (χ1v) is 6.79. The summed E-state index contributed by atoms with van der Waals surface area (Å²) in [5.41, 5.74) is 7.87. The van der Waals surface area contributed by atoms with E-state index < -0.39 is 0 Å². The smallest absolute Gasteiger partial charge is 0.252 e. The molecule has 3 N–H and O–H groups in total. The number of aromatic nitrogens is 1. The summed E-state index contributed by atoms with van der Waals surface area (Å²) in [6, 6.07) is 10.5. The average Bonchev–Trinajstić information content (AvgIpc) is 2.52. The van der Waals surface area contributed by atoms with Gasteiger partial charge < -0.3 is 15.8 Å². The van der Waals surface area contributed by atoms with Crippen LogP contribution in [0.15, 0.2) is 36.4 Å². The Hall–Kier alpha value is -2.55. The number of ether oxygens (including phenoxy) is 1. The van der Waals surface area contributed by atoms with Gasteiger partial charge in [0.2, 0.25) is 5.88 Å². The Bertz CT molecular complexity index is 726. The third-order valence-electron chi connectivity index (χ3n) is 2.90. The number of amides is 1. The lowest BCUT2D eigenvalue weighted by molar-refractivity contribution is 0.0958. The Kier molecular flexibility index (Phi) is 7.07. The number of halogens is 1. The summed E-state index contributed by atoms with van der Waals surface area (Å²) in [7, 11) is 0. The van der Waals surface area contributed by atoms with Gasteiger partial charge in [0.25, 0.3) is 5.91 Å². The molecule has 0 saturated carbocycles. The summed E-state index contributed by atoms with van der Waals surface area (Å²) in [4.78, 5) is 16.2. The molecular weight excluding hydrogens is 314 g/mol. The molecule has 23 heavy (non-hydrogen) atoms. The summed E-state index contributed by atoms with van der Waals surface area (Å²) >= 11 is 0. The maximum Gasteiger partial charge on any atom is 0.252 e. The number of hydrogen-bond acceptors (Lipinski definition) is 4.